The van der Waals surface area contributed by atoms with Crippen molar-refractivity contribution in [3.8, 4) is 5.00 Å². The van der Waals surface area contributed by atoms with E-state index in [1.807, 2.05) is 35.8 Å². The number of aromatic nitrogens is 3. The molecule has 0 bridgehead atoms. The van der Waals surface area contributed by atoms with Crippen LogP contribution in [0.15, 0.2) is 47.5 Å². The van der Waals surface area contributed by atoms with E-state index < -0.39 is 12.0 Å². The summed E-state index contributed by atoms with van der Waals surface area (Å²) in [5.74, 6) is -0.163. The van der Waals surface area contributed by atoms with Crippen LogP contribution >= 0.6 is 22.9 Å². The van der Waals surface area contributed by atoms with Crippen LogP contribution in [0.5, 0.6) is 0 Å². The summed E-state index contributed by atoms with van der Waals surface area (Å²) in [7, 11) is 0. The Labute approximate surface area is 275 Å². The highest BCUT2D eigenvalue weighted by atomic mass is 35.5. The summed E-state index contributed by atoms with van der Waals surface area (Å²) in [6, 6.07) is 11.7. The van der Waals surface area contributed by atoms with E-state index in [9.17, 15) is 19.5 Å². The molecule has 0 fully saturated rings. The van der Waals surface area contributed by atoms with Gasteiger partial charge in [0.25, 0.3) is 0 Å². The van der Waals surface area contributed by atoms with Gasteiger partial charge in [0.2, 0.25) is 11.8 Å². The molecule has 3 heterocycles. The van der Waals surface area contributed by atoms with Crippen LogP contribution in [0.2, 0.25) is 5.02 Å². The smallest absolute Gasteiger partial charge is 0.335 e. The Morgan fingerprint density at radius 2 is 1.80 bits per heavy atom. The molecule has 11 nitrogen and oxygen atoms in total. The maximum atomic E-state index is 13.2. The van der Waals surface area contributed by atoms with Gasteiger partial charge in [-0.3, -0.25) is 19.1 Å². The zero-order valence-corrected chi connectivity index (χ0v) is 27.5. The highest BCUT2D eigenvalue weighted by molar-refractivity contribution is 7.15. The van der Waals surface area contributed by atoms with Gasteiger partial charge in [0.15, 0.2) is 5.82 Å². The molecule has 1 aliphatic rings. The van der Waals surface area contributed by atoms with E-state index in [-0.39, 0.29) is 30.2 Å². The number of aromatic carboxylic acids is 1. The lowest BCUT2D eigenvalue weighted by Crippen LogP contribution is -2.27. The van der Waals surface area contributed by atoms with Crippen LogP contribution in [-0.2, 0) is 16.0 Å². The average molecular weight is 662 g/mol. The van der Waals surface area contributed by atoms with Gasteiger partial charge in [-0.15, -0.1) is 21.5 Å². The van der Waals surface area contributed by atoms with Gasteiger partial charge < -0.3 is 21.5 Å². The number of nitrogens with zero attached hydrogens (tertiary/aromatic N) is 4. The summed E-state index contributed by atoms with van der Waals surface area (Å²) in [5.41, 5.74) is 10.7. The Bertz CT molecular complexity index is 1810. The van der Waals surface area contributed by atoms with Gasteiger partial charge in [0, 0.05) is 39.7 Å². The number of hydrogen-bond donors (Lipinski definition) is 4. The predicted molar refractivity (Wildman–Crippen MR) is 180 cm³/mol. The molecule has 0 spiro atoms. The number of fused-ring (bicyclic) bond motifs is 3. The number of hydrogen-bond acceptors (Lipinski definition) is 8. The summed E-state index contributed by atoms with van der Waals surface area (Å²) in [5, 5.41) is 25.6. The molecule has 0 radical (unpaired) electrons. The zero-order valence-electron chi connectivity index (χ0n) is 25.9. The number of carbonyl (C=O) groups excluding carboxylic acids is 2. The molecule has 240 valence electrons. The van der Waals surface area contributed by atoms with Crippen LogP contribution in [0.3, 0.4) is 0 Å². The molecule has 4 aromatic rings. The second-order valence-electron chi connectivity index (χ2n) is 11.2. The lowest BCUT2D eigenvalue weighted by atomic mass is 9.99. The fraction of sp³-hybridized carbons (Fsp3) is 0.333. The Kier molecular flexibility index (Phi) is 10.3. The van der Waals surface area contributed by atoms with Crippen LogP contribution in [0.4, 0.5) is 5.69 Å². The quantitative estimate of drug-likeness (QED) is 0.149. The highest BCUT2D eigenvalue weighted by Gasteiger charge is 2.32. The fourth-order valence-electron chi connectivity index (χ4n) is 5.46. The molecule has 2 aromatic carbocycles. The van der Waals surface area contributed by atoms with Gasteiger partial charge >= 0.3 is 5.97 Å². The lowest BCUT2D eigenvalue weighted by molar-refractivity contribution is -0.122. The lowest BCUT2D eigenvalue weighted by Gasteiger charge is -2.13. The van der Waals surface area contributed by atoms with Crippen LogP contribution in [0.1, 0.15) is 80.9 Å². The van der Waals surface area contributed by atoms with Crippen molar-refractivity contribution >= 4 is 52.1 Å². The van der Waals surface area contributed by atoms with E-state index in [0.717, 1.165) is 32.3 Å². The van der Waals surface area contributed by atoms with Crippen molar-refractivity contribution in [1.29, 1.82) is 0 Å². The summed E-state index contributed by atoms with van der Waals surface area (Å²) in [6.07, 6.45) is 1.78. The van der Waals surface area contributed by atoms with Crippen molar-refractivity contribution < 1.29 is 19.5 Å². The molecule has 0 saturated heterocycles. The number of thiophene rings is 1. The second kappa shape index (κ2) is 14.4. The van der Waals surface area contributed by atoms with Crippen LogP contribution < -0.4 is 16.4 Å². The van der Waals surface area contributed by atoms with Crippen LogP contribution in [0, 0.1) is 20.8 Å². The molecule has 13 heteroatoms. The van der Waals surface area contributed by atoms with Crippen molar-refractivity contribution in [2.75, 3.05) is 18.4 Å². The van der Waals surface area contributed by atoms with Gasteiger partial charge in [0.1, 0.15) is 16.9 Å². The van der Waals surface area contributed by atoms with E-state index in [1.54, 1.807) is 23.5 Å². The number of aryl methyl sites for hydroxylation is 3. The van der Waals surface area contributed by atoms with Gasteiger partial charge in [-0.1, -0.05) is 23.7 Å². The zero-order chi connectivity index (χ0) is 33.0. The predicted octanol–water partition coefficient (Wildman–Crippen LogP) is 5.31. The number of aliphatic imine (C=N–C) groups is 1. The first-order valence-corrected chi connectivity index (χ1v) is 16.3. The molecule has 2 amide bonds. The largest absolute Gasteiger partial charge is 0.478 e. The van der Waals surface area contributed by atoms with E-state index >= 15 is 0 Å². The first-order valence-electron chi connectivity index (χ1n) is 15.1. The molecular weight excluding hydrogens is 626 g/mol. The minimum absolute atomic E-state index is 0.0515. The molecule has 2 aromatic heterocycles. The Hall–Kier alpha value is -4.39. The molecule has 1 aliphatic heterocycles. The normalized spacial score (nSPS) is 13.8. The van der Waals surface area contributed by atoms with Crippen LogP contribution in [-0.4, -0.2) is 56.5 Å². The molecule has 0 saturated carbocycles. The summed E-state index contributed by atoms with van der Waals surface area (Å²) >= 11 is 7.84. The van der Waals surface area contributed by atoms with Gasteiger partial charge in [-0.2, -0.15) is 0 Å². The van der Waals surface area contributed by atoms with E-state index in [2.05, 4.69) is 34.7 Å². The molecule has 0 aliphatic carbocycles. The number of benzene rings is 2. The van der Waals surface area contributed by atoms with Crippen molar-refractivity contribution in [3.63, 3.8) is 0 Å². The minimum Gasteiger partial charge on any atom is -0.478 e. The third kappa shape index (κ3) is 7.19. The average Bonchev–Trinajstić information content (AvgIpc) is 3.50. The molecule has 5 rings (SSSR count). The Morgan fingerprint density at radius 1 is 1.04 bits per heavy atom. The van der Waals surface area contributed by atoms with Gasteiger partial charge in [-0.25, -0.2) is 4.79 Å². The number of carboxylic acid groups (broad SMARTS) is 1. The number of halogens is 1. The molecule has 0 unspecified atom stereocenters. The summed E-state index contributed by atoms with van der Waals surface area (Å²) in [4.78, 5) is 43.6. The van der Waals surface area contributed by atoms with Crippen molar-refractivity contribution in [3.05, 3.63) is 91.8 Å². The standard InChI is InChI=1S/C33H36ClN7O4S/c1-18-19(2)46-32-29(18)30(21-8-10-23(34)11-9-21)38-26(31-40-39-20(3)41(31)32)17-28(43)36-15-5-7-27(42)37-24-12-13-25(33(44)45)22(16-24)6-4-14-35/h8-13,16,26H,4-7,14-15,17,35H2,1-3H3,(H,36,43)(H,37,42)(H,44,45)/t26-/m0/s1. The number of amides is 2. The monoisotopic (exact) mass is 661 g/mol. The van der Waals surface area contributed by atoms with Crippen LogP contribution in [0.25, 0.3) is 5.00 Å². The maximum absolute atomic E-state index is 13.2. The molecule has 1 atom stereocenters. The van der Waals surface area contributed by atoms with Gasteiger partial charge in [0.05, 0.1) is 17.7 Å². The first kappa shape index (κ1) is 33.0. The number of nitrogens with one attached hydrogen (secondary N) is 2. The summed E-state index contributed by atoms with van der Waals surface area (Å²) in [6.45, 7) is 6.77. The van der Waals surface area contributed by atoms with E-state index in [0.29, 0.717) is 60.3 Å². The maximum Gasteiger partial charge on any atom is 0.335 e. The highest BCUT2D eigenvalue weighted by Crippen LogP contribution is 2.39. The third-order valence-electron chi connectivity index (χ3n) is 7.91. The molecule has 5 N–H and O–H groups in total. The number of nitrogens with two attached hydrogens (primary N) is 1. The third-order valence-corrected chi connectivity index (χ3v) is 9.35. The SMILES string of the molecule is Cc1sc2c(c1C)C(c1ccc(Cl)cc1)=N[C@@H](CC(=O)NCCCC(=O)Nc1ccc(C(=O)O)c(CCCN)c1)c1nnc(C)n1-2. The molecular formula is C33H36ClN7O4S. The first-order chi connectivity index (χ1) is 22.1. The number of anilines is 1. The Balaban J connectivity index is 1.25. The topological polar surface area (TPSA) is 165 Å². The fourth-order valence-corrected chi connectivity index (χ4v) is 6.80. The number of carboxylic acids is 1. The van der Waals surface area contributed by atoms with Crippen molar-refractivity contribution in [2.24, 2.45) is 10.7 Å². The van der Waals surface area contributed by atoms with Crippen molar-refractivity contribution in [2.45, 2.75) is 58.9 Å². The molecule has 46 heavy (non-hydrogen) atoms. The number of rotatable bonds is 12. The van der Waals surface area contributed by atoms with E-state index in [1.165, 1.54) is 6.07 Å². The second-order valence-corrected chi connectivity index (χ2v) is 12.8. The minimum atomic E-state index is -1.02. The number of carbonyl (C=O) groups is 3. The summed E-state index contributed by atoms with van der Waals surface area (Å²) < 4.78 is 2.00. The van der Waals surface area contributed by atoms with Gasteiger partial charge in [-0.05, 0) is 88.0 Å². The van der Waals surface area contributed by atoms with E-state index in [4.69, 9.17) is 22.3 Å². The van der Waals surface area contributed by atoms with Crippen molar-refractivity contribution in [1.82, 2.24) is 20.1 Å². The Morgan fingerprint density at radius 3 is 2.52 bits per heavy atom.